The van der Waals surface area contributed by atoms with E-state index in [1.165, 1.54) is 12.1 Å². The van der Waals surface area contributed by atoms with Crippen LogP contribution in [0.15, 0.2) is 51.6 Å². The fraction of sp³-hybridized carbons (Fsp3) is 0.333. The highest BCUT2D eigenvalue weighted by molar-refractivity contribution is 5.44. The maximum absolute atomic E-state index is 13.2. The van der Waals surface area contributed by atoms with Gasteiger partial charge in [0.15, 0.2) is 5.76 Å². The lowest BCUT2D eigenvalue weighted by atomic mass is 9.80. The smallest absolute Gasteiger partial charge is 0.241 e. The Hall–Kier alpha value is -2.51. The van der Waals surface area contributed by atoms with Crippen LogP contribution in [0.2, 0.25) is 0 Å². The first-order valence-corrected chi connectivity index (χ1v) is 8.16. The third-order valence-electron chi connectivity index (χ3n) is 4.51. The lowest BCUT2D eigenvalue weighted by Crippen LogP contribution is -2.38. The number of furan rings is 1. The summed E-state index contributed by atoms with van der Waals surface area (Å²) in [5.74, 6) is 1.25. The van der Waals surface area contributed by atoms with Crippen LogP contribution < -0.4 is 5.32 Å². The van der Waals surface area contributed by atoms with E-state index >= 15 is 0 Å². The van der Waals surface area contributed by atoms with Gasteiger partial charge in [-0.05, 0) is 36.2 Å². The van der Waals surface area contributed by atoms with Gasteiger partial charge in [-0.25, -0.2) is 4.39 Å². The predicted octanol–water partition coefficient (Wildman–Crippen LogP) is 2.92. The molecule has 0 spiro atoms. The highest BCUT2D eigenvalue weighted by Gasteiger charge is 2.36. The molecule has 0 saturated carbocycles. The normalized spacial score (nSPS) is 20.2. The number of halogens is 1. The van der Waals surface area contributed by atoms with Crippen LogP contribution in [-0.4, -0.2) is 29.9 Å². The Bertz CT molecular complexity index is 808. The molecule has 0 aliphatic carbocycles. The SMILES string of the molecule is Fc1ccc([C@@]2(CNCc3nc(-c4ccco4)no3)CCOC2)cc1. The number of nitrogens with one attached hydrogen (secondary N) is 1. The Kier molecular flexibility index (Phi) is 4.33. The molecule has 1 atom stereocenters. The van der Waals surface area contributed by atoms with Crippen molar-refractivity contribution in [2.45, 2.75) is 18.4 Å². The zero-order valence-electron chi connectivity index (χ0n) is 13.6. The highest BCUT2D eigenvalue weighted by atomic mass is 19.1. The first-order chi connectivity index (χ1) is 12.3. The summed E-state index contributed by atoms with van der Waals surface area (Å²) >= 11 is 0. The van der Waals surface area contributed by atoms with Crippen molar-refractivity contribution in [3.05, 3.63) is 59.9 Å². The lowest BCUT2D eigenvalue weighted by Gasteiger charge is -2.28. The van der Waals surface area contributed by atoms with E-state index in [2.05, 4.69) is 15.5 Å². The average Bonchev–Trinajstić information content (AvgIpc) is 3.37. The van der Waals surface area contributed by atoms with Crippen molar-refractivity contribution in [1.29, 1.82) is 0 Å². The molecule has 3 aromatic rings. The van der Waals surface area contributed by atoms with Crippen LogP contribution in [0.3, 0.4) is 0 Å². The van der Waals surface area contributed by atoms with Gasteiger partial charge in [0.2, 0.25) is 11.7 Å². The molecule has 1 saturated heterocycles. The molecular weight excluding hydrogens is 325 g/mol. The third-order valence-corrected chi connectivity index (χ3v) is 4.51. The van der Waals surface area contributed by atoms with E-state index in [1.807, 2.05) is 12.1 Å². The van der Waals surface area contributed by atoms with Crippen LogP contribution in [0.1, 0.15) is 17.9 Å². The molecule has 25 heavy (non-hydrogen) atoms. The molecule has 0 unspecified atom stereocenters. The van der Waals surface area contributed by atoms with Gasteiger partial charge in [-0.15, -0.1) is 0 Å². The van der Waals surface area contributed by atoms with Crippen LogP contribution in [0.5, 0.6) is 0 Å². The number of hydrogen-bond donors (Lipinski definition) is 1. The zero-order valence-corrected chi connectivity index (χ0v) is 13.6. The van der Waals surface area contributed by atoms with Gasteiger partial charge in [0.05, 0.1) is 19.4 Å². The first kappa shape index (κ1) is 16.0. The summed E-state index contributed by atoms with van der Waals surface area (Å²) < 4.78 is 29.3. The van der Waals surface area contributed by atoms with Gasteiger partial charge < -0.3 is 19.0 Å². The molecule has 3 heterocycles. The molecule has 7 heteroatoms. The Morgan fingerprint density at radius 1 is 1.20 bits per heavy atom. The first-order valence-electron chi connectivity index (χ1n) is 8.16. The highest BCUT2D eigenvalue weighted by Crippen LogP contribution is 2.32. The molecule has 4 rings (SSSR count). The van der Waals surface area contributed by atoms with Gasteiger partial charge in [0.1, 0.15) is 5.82 Å². The van der Waals surface area contributed by atoms with Gasteiger partial charge in [-0.2, -0.15) is 4.98 Å². The summed E-state index contributed by atoms with van der Waals surface area (Å²) in [6.07, 6.45) is 2.45. The average molecular weight is 343 g/mol. The second kappa shape index (κ2) is 6.78. The van der Waals surface area contributed by atoms with Gasteiger partial charge in [0, 0.05) is 18.6 Å². The Morgan fingerprint density at radius 3 is 2.80 bits per heavy atom. The van der Waals surface area contributed by atoms with Crippen molar-refractivity contribution in [1.82, 2.24) is 15.5 Å². The summed E-state index contributed by atoms with van der Waals surface area (Å²) in [5.41, 5.74) is 0.901. The Balaban J connectivity index is 1.41. The monoisotopic (exact) mass is 343 g/mol. The fourth-order valence-corrected chi connectivity index (χ4v) is 3.12. The predicted molar refractivity (Wildman–Crippen MR) is 87.2 cm³/mol. The number of benzene rings is 1. The molecule has 0 bridgehead atoms. The van der Waals surface area contributed by atoms with Crippen LogP contribution >= 0.6 is 0 Å². The number of hydrogen-bond acceptors (Lipinski definition) is 6. The molecule has 1 aromatic carbocycles. The van der Waals surface area contributed by atoms with Crippen molar-refractivity contribution >= 4 is 0 Å². The van der Waals surface area contributed by atoms with Gasteiger partial charge in [0.25, 0.3) is 0 Å². The van der Waals surface area contributed by atoms with Crippen LogP contribution in [-0.2, 0) is 16.7 Å². The zero-order chi connectivity index (χ0) is 17.1. The molecule has 1 N–H and O–H groups in total. The number of ether oxygens (including phenoxy) is 1. The molecule has 1 aliphatic rings. The second-order valence-electron chi connectivity index (χ2n) is 6.18. The van der Waals surface area contributed by atoms with Crippen LogP contribution in [0.4, 0.5) is 4.39 Å². The minimum Gasteiger partial charge on any atom is -0.461 e. The largest absolute Gasteiger partial charge is 0.461 e. The number of rotatable bonds is 6. The van der Waals surface area contributed by atoms with Gasteiger partial charge >= 0.3 is 0 Å². The van der Waals surface area contributed by atoms with E-state index in [4.69, 9.17) is 13.7 Å². The standard InChI is InChI=1S/C18H18FN3O3/c19-14-5-3-13(4-6-14)18(7-9-23-12-18)11-20-10-16-21-17(22-25-16)15-2-1-8-24-15/h1-6,8,20H,7,9-12H2/t18-/m1/s1. The Labute approximate surface area is 144 Å². The van der Waals surface area contributed by atoms with E-state index in [0.717, 1.165) is 12.0 Å². The summed E-state index contributed by atoms with van der Waals surface area (Å²) in [6.45, 7) is 2.42. The minimum atomic E-state index is -0.234. The minimum absolute atomic E-state index is 0.169. The number of aromatic nitrogens is 2. The quantitative estimate of drug-likeness (QED) is 0.742. The summed E-state index contributed by atoms with van der Waals surface area (Å²) in [7, 11) is 0. The van der Waals surface area contributed by atoms with Crippen molar-refractivity contribution in [3.8, 4) is 11.6 Å². The van der Waals surface area contributed by atoms with E-state index in [1.54, 1.807) is 18.4 Å². The van der Waals surface area contributed by atoms with Crippen molar-refractivity contribution < 1.29 is 18.1 Å². The summed E-state index contributed by atoms with van der Waals surface area (Å²) in [6, 6.07) is 10.2. The molecule has 2 aromatic heterocycles. The fourth-order valence-electron chi connectivity index (χ4n) is 3.12. The topological polar surface area (TPSA) is 73.3 Å². The van der Waals surface area contributed by atoms with Gasteiger partial charge in [-0.1, -0.05) is 17.3 Å². The summed E-state index contributed by atoms with van der Waals surface area (Å²) in [4.78, 5) is 4.31. The molecule has 130 valence electrons. The van der Waals surface area contributed by atoms with Crippen molar-refractivity contribution in [2.75, 3.05) is 19.8 Å². The molecule has 6 nitrogen and oxygen atoms in total. The molecule has 0 radical (unpaired) electrons. The maximum atomic E-state index is 13.2. The Morgan fingerprint density at radius 2 is 2.08 bits per heavy atom. The molecule has 1 aliphatic heterocycles. The maximum Gasteiger partial charge on any atom is 0.241 e. The van der Waals surface area contributed by atoms with Crippen LogP contribution in [0.25, 0.3) is 11.6 Å². The third kappa shape index (κ3) is 3.33. The van der Waals surface area contributed by atoms with E-state index in [0.29, 0.717) is 43.8 Å². The number of nitrogens with zero attached hydrogens (tertiary/aromatic N) is 2. The van der Waals surface area contributed by atoms with E-state index < -0.39 is 0 Å². The second-order valence-corrected chi connectivity index (χ2v) is 6.18. The lowest BCUT2D eigenvalue weighted by molar-refractivity contribution is 0.175. The van der Waals surface area contributed by atoms with Crippen LogP contribution in [0, 0.1) is 5.82 Å². The van der Waals surface area contributed by atoms with Gasteiger partial charge in [-0.3, -0.25) is 0 Å². The molecular formula is C18H18FN3O3. The molecule has 1 fully saturated rings. The summed E-state index contributed by atoms with van der Waals surface area (Å²) in [5, 5.41) is 7.26. The van der Waals surface area contributed by atoms with E-state index in [9.17, 15) is 4.39 Å². The van der Waals surface area contributed by atoms with Crippen molar-refractivity contribution in [2.24, 2.45) is 0 Å². The molecule has 0 amide bonds. The van der Waals surface area contributed by atoms with Crippen molar-refractivity contribution in [3.63, 3.8) is 0 Å². The van der Waals surface area contributed by atoms with E-state index in [-0.39, 0.29) is 11.2 Å².